The zero-order valence-corrected chi connectivity index (χ0v) is 10.7. The van der Waals surface area contributed by atoms with Crippen LogP contribution in [0.4, 0.5) is 0 Å². The molecular weight excluding hydrogens is 206 g/mol. The Morgan fingerprint density at radius 1 is 1.38 bits per heavy atom. The second-order valence-corrected chi connectivity index (χ2v) is 4.02. The van der Waals surface area contributed by atoms with E-state index in [1.807, 2.05) is 7.05 Å². The van der Waals surface area contributed by atoms with Gasteiger partial charge in [0.2, 0.25) is 0 Å². The van der Waals surface area contributed by atoms with Crippen molar-refractivity contribution in [2.24, 2.45) is 5.73 Å². The van der Waals surface area contributed by atoms with Gasteiger partial charge in [-0.3, -0.25) is 5.41 Å². The molecule has 16 heavy (non-hydrogen) atoms. The van der Waals surface area contributed by atoms with Crippen LogP contribution in [-0.2, 0) is 9.47 Å². The molecule has 96 valence electrons. The molecule has 1 unspecified atom stereocenters. The summed E-state index contributed by atoms with van der Waals surface area (Å²) in [5.41, 5.74) is 5.35. The molecule has 0 saturated carbocycles. The van der Waals surface area contributed by atoms with Crippen molar-refractivity contribution in [3.63, 3.8) is 0 Å². The third-order valence-corrected chi connectivity index (χ3v) is 2.49. The highest BCUT2D eigenvalue weighted by molar-refractivity contribution is 5.77. The van der Waals surface area contributed by atoms with Crippen LogP contribution in [-0.4, -0.2) is 57.3 Å². The monoisotopic (exact) mass is 231 g/mol. The fourth-order valence-corrected chi connectivity index (χ4v) is 1.31. The average Bonchev–Trinajstić information content (AvgIpc) is 2.21. The topological polar surface area (TPSA) is 71.6 Å². The number of nitrogens with zero attached hydrogens (tertiary/aromatic N) is 1. The second kappa shape index (κ2) is 9.57. The minimum atomic E-state index is 0.236. The van der Waals surface area contributed by atoms with Crippen LogP contribution >= 0.6 is 0 Å². The lowest BCUT2D eigenvalue weighted by molar-refractivity contribution is 0.0824. The van der Waals surface area contributed by atoms with Gasteiger partial charge in [-0.2, -0.15) is 0 Å². The standard InChI is InChI=1S/C11H25N3O2/c1-10(9-11(12)13)14(2)5-8-16-7-4-6-15-3/h10H,4-9H2,1-3H3,(H3,12,13). The van der Waals surface area contributed by atoms with E-state index < -0.39 is 0 Å². The first-order valence-corrected chi connectivity index (χ1v) is 5.67. The normalized spacial score (nSPS) is 13.0. The molecule has 0 aliphatic rings. The van der Waals surface area contributed by atoms with E-state index in [-0.39, 0.29) is 5.84 Å². The molecular formula is C11H25N3O2. The number of ether oxygens (including phenoxy) is 2. The summed E-state index contributed by atoms with van der Waals surface area (Å²) in [6, 6.07) is 0.292. The molecule has 3 N–H and O–H groups in total. The largest absolute Gasteiger partial charge is 0.388 e. The summed E-state index contributed by atoms with van der Waals surface area (Å²) in [5, 5.41) is 7.21. The first-order valence-electron chi connectivity index (χ1n) is 5.67. The summed E-state index contributed by atoms with van der Waals surface area (Å²) in [5.74, 6) is 0.236. The molecule has 5 nitrogen and oxygen atoms in total. The van der Waals surface area contributed by atoms with E-state index in [9.17, 15) is 0 Å². The van der Waals surface area contributed by atoms with Gasteiger partial charge in [0.05, 0.1) is 12.4 Å². The highest BCUT2D eigenvalue weighted by atomic mass is 16.5. The van der Waals surface area contributed by atoms with Crippen molar-refractivity contribution >= 4 is 5.84 Å². The maximum absolute atomic E-state index is 7.21. The quantitative estimate of drug-likeness (QED) is 0.329. The van der Waals surface area contributed by atoms with E-state index in [0.29, 0.717) is 19.1 Å². The maximum Gasteiger partial charge on any atom is 0.0920 e. The van der Waals surface area contributed by atoms with E-state index >= 15 is 0 Å². The molecule has 0 radical (unpaired) electrons. The van der Waals surface area contributed by atoms with E-state index in [2.05, 4.69) is 11.8 Å². The zero-order chi connectivity index (χ0) is 12.4. The molecule has 5 heteroatoms. The van der Waals surface area contributed by atoms with E-state index in [4.69, 9.17) is 20.6 Å². The lowest BCUT2D eigenvalue weighted by Gasteiger charge is -2.23. The summed E-state index contributed by atoms with van der Waals surface area (Å²) in [6.07, 6.45) is 1.55. The first kappa shape index (κ1) is 15.3. The van der Waals surface area contributed by atoms with Gasteiger partial charge in [0.15, 0.2) is 0 Å². The van der Waals surface area contributed by atoms with Crippen LogP contribution in [0.15, 0.2) is 0 Å². The Morgan fingerprint density at radius 3 is 2.62 bits per heavy atom. The van der Waals surface area contributed by atoms with Crippen molar-refractivity contribution < 1.29 is 9.47 Å². The van der Waals surface area contributed by atoms with Crippen LogP contribution < -0.4 is 5.73 Å². The van der Waals surface area contributed by atoms with Gasteiger partial charge in [0, 0.05) is 39.3 Å². The molecule has 0 bridgehead atoms. The van der Waals surface area contributed by atoms with Gasteiger partial charge in [0.25, 0.3) is 0 Å². The van der Waals surface area contributed by atoms with Gasteiger partial charge < -0.3 is 20.1 Å². The molecule has 0 aliphatic carbocycles. The van der Waals surface area contributed by atoms with Crippen molar-refractivity contribution in [2.75, 3.05) is 40.5 Å². The molecule has 0 aromatic carbocycles. The molecule has 0 spiro atoms. The van der Waals surface area contributed by atoms with E-state index in [1.165, 1.54) is 0 Å². The Labute approximate surface area is 98.4 Å². The number of hydrogen-bond donors (Lipinski definition) is 2. The fourth-order valence-electron chi connectivity index (χ4n) is 1.31. The van der Waals surface area contributed by atoms with Gasteiger partial charge >= 0.3 is 0 Å². The maximum atomic E-state index is 7.21. The molecule has 1 atom stereocenters. The predicted octanol–water partition coefficient (Wildman–Crippen LogP) is 0.686. The van der Waals surface area contributed by atoms with Crippen LogP contribution in [0.1, 0.15) is 19.8 Å². The number of rotatable bonds is 10. The third kappa shape index (κ3) is 8.64. The van der Waals surface area contributed by atoms with Crippen molar-refractivity contribution in [3.05, 3.63) is 0 Å². The Bertz CT molecular complexity index is 188. The van der Waals surface area contributed by atoms with Crippen LogP contribution in [0.5, 0.6) is 0 Å². The molecule has 0 saturated heterocycles. The van der Waals surface area contributed by atoms with Crippen molar-refractivity contribution in [1.82, 2.24) is 4.90 Å². The number of nitrogens with one attached hydrogen (secondary N) is 1. The number of amidine groups is 1. The number of likely N-dealkylation sites (N-methyl/N-ethyl adjacent to an activating group) is 1. The number of methoxy groups -OCH3 is 1. The molecule has 0 rings (SSSR count). The van der Waals surface area contributed by atoms with Crippen LogP contribution in [0.3, 0.4) is 0 Å². The zero-order valence-electron chi connectivity index (χ0n) is 10.7. The number of hydrogen-bond acceptors (Lipinski definition) is 4. The summed E-state index contributed by atoms with van der Waals surface area (Å²) in [7, 11) is 3.71. The summed E-state index contributed by atoms with van der Waals surface area (Å²) >= 11 is 0. The third-order valence-electron chi connectivity index (χ3n) is 2.49. The Hall–Kier alpha value is -0.650. The molecule has 0 aliphatic heterocycles. The molecule has 0 aromatic heterocycles. The van der Waals surface area contributed by atoms with Gasteiger partial charge in [-0.05, 0) is 20.4 Å². The van der Waals surface area contributed by atoms with E-state index in [1.54, 1.807) is 7.11 Å². The number of nitrogens with two attached hydrogens (primary N) is 1. The second-order valence-electron chi connectivity index (χ2n) is 4.02. The van der Waals surface area contributed by atoms with Crippen molar-refractivity contribution in [2.45, 2.75) is 25.8 Å². The van der Waals surface area contributed by atoms with Crippen molar-refractivity contribution in [1.29, 1.82) is 5.41 Å². The Morgan fingerprint density at radius 2 is 2.06 bits per heavy atom. The van der Waals surface area contributed by atoms with Gasteiger partial charge in [0.1, 0.15) is 0 Å². The van der Waals surface area contributed by atoms with Crippen LogP contribution in [0.25, 0.3) is 0 Å². The molecule has 0 heterocycles. The van der Waals surface area contributed by atoms with Crippen molar-refractivity contribution in [3.8, 4) is 0 Å². The van der Waals surface area contributed by atoms with Gasteiger partial charge in [-0.15, -0.1) is 0 Å². The predicted molar refractivity (Wildman–Crippen MR) is 65.9 cm³/mol. The molecule has 0 aromatic rings. The smallest absolute Gasteiger partial charge is 0.0920 e. The van der Waals surface area contributed by atoms with Crippen LogP contribution in [0.2, 0.25) is 0 Å². The summed E-state index contributed by atoms with van der Waals surface area (Å²) < 4.78 is 10.4. The highest BCUT2D eigenvalue weighted by Crippen LogP contribution is 2.00. The Balaban J connectivity index is 3.42. The first-order chi connectivity index (χ1) is 7.57. The average molecular weight is 231 g/mol. The minimum Gasteiger partial charge on any atom is -0.388 e. The molecule has 0 amide bonds. The highest BCUT2D eigenvalue weighted by Gasteiger charge is 2.09. The van der Waals surface area contributed by atoms with Gasteiger partial charge in [-0.1, -0.05) is 0 Å². The minimum absolute atomic E-state index is 0.236. The molecule has 0 fully saturated rings. The summed E-state index contributed by atoms with van der Waals surface area (Å²) in [6.45, 7) is 5.12. The lowest BCUT2D eigenvalue weighted by Crippen LogP contribution is -2.35. The lowest BCUT2D eigenvalue weighted by atomic mass is 10.2. The fraction of sp³-hybridized carbons (Fsp3) is 0.909. The SMILES string of the molecule is COCCCOCCN(C)C(C)CC(=N)N. The summed E-state index contributed by atoms with van der Waals surface area (Å²) in [4.78, 5) is 2.15. The Kier molecular flexibility index (Phi) is 9.18. The van der Waals surface area contributed by atoms with Crippen LogP contribution in [0, 0.1) is 5.41 Å². The van der Waals surface area contributed by atoms with Gasteiger partial charge in [-0.25, -0.2) is 0 Å². The van der Waals surface area contributed by atoms with E-state index in [0.717, 1.165) is 26.2 Å².